The Balaban J connectivity index is 2.25. The van der Waals surface area contributed by atoms with E-state index >= 15 is 0 Å². The minimum atomic E-state index is -0.879. The third-order valence-electron chi connectivity index (χ3n) is 2.73. The van der Waals surface area contributed by atoms with Crippen molar-refractivity contribution in [2.75, 3.05) is 13.1 Å². The summed E-state index contributed by atoms with van der Waals surface area (Å²) in [4.78, 5) is 34.5. The molecule has 17 heavy (non-hydrogen) atoms. The first-order valence-corrected chi connectivity index (χ1v) is 5.75. The lowest BCUT2D eigenvalue weighted by Crippen LogP contribution is -2.37. The van der Waals surface area contributed by atoms with E-state index in [1.165, 1.54) is 6.92 Å². The van der Waals surface area contributed by atoms with E-state index in [0.29, 0.717) is 19.5 Å². The number of nitrogens with zero attached hydrogens (tertiary/aromatic N) is 1. The number of hydrogen-bond acceptors (Lipinski definition) is 3. The van der Waals surface area contributed by atoms with E-state index in [9.17, 15) is 14.4 Å². The Morgan fingerprint density at radius 1 is 1.35 bits per heavy atom. The minimum Gasteiger partial charge on any atom is -0.481 e. The summed E-state index contributed by atoms with van der Waals surface area (Å²) in [6.45, 7) is 2.62. The van der Waals surface area contributed by atoms with E-state index in [1.807, 2.05) is 0 Å². The van der Waals surface area contributed by atoms with Crippen LogP contribution in [0.25, 0.3) is 0 Å². The van der Waals surface area contributed by atoms with Crippen molar-refractivity contribution in [3.63, 3.8) is 0 Å². The molecule has 1 heterocycles. The molecule has 0 radical (unpaired) electrons. The first-order chi connectivity index (χ1) is 7.99. The van der Waals surface area contributed by atoms with Crippen LogP contribution >= 0.6 is 0 Å². The average Bonchev–Trinajstić information content (AvgIpc) is 2.64. The van der Waals surface area contributed by atoms with Crippen LogP contribution in [-0.4, -0.2) is 46.9 Å². The van der Waals surface area contributed by atoms with Crippen LogP contribution in [0.15, 0.2) is 0 Å². The molecule has 1 rings (SSSR count). The van der Waals surface area contributed by atoms with Gasteiger partial charge in [-0.15, -0.1) is 0 Å². The molecule has 0 aromatic rings. The molecule has 96 valence electrons. The molecule has 2 N–H and O–H groups in total. The molecule has 0 aromatic heterocycles. The number of rotatable bonds is 5. The van der Waals surface area contributed by atoms with E-state index < -0.39 is 5.97 Å². The molecule has 1 aliphatic heterocycles. The molecule has 1 unspecified atom stereocenters. The van der Waals surface area contributed by atoms with Crippen LogP contribution in [-0.2, 0) is 14.4 Å². The van der Waals surface area contributed by atoms with Crippen molar-refractivity contribution in [3.8, 4) is 0 Å². The van der Waals surface area contributed by atoms with E-state index in [4.69, 9.17) is 5.11 Å². The Labute approximate surface area is 100.0 Å². The molecule has 1 saturated heterocycles. The van der Waals surface area contributed by atoms with Crippen LogP contribution in [0.3, 0.4) is 0 Å². The Morgan fingerprint density at radius 2 is 2.06 bits per heavy atom. The number of carbonyl (C=O) groups excluding carboxylic acids is 2. The maximum atomic E-state index is 11.7. The van der Waals surface area contributed by atoms with Gasteiger partial charge < -0.3 is 15.3 Å². The van der Waals surface area contributed by atoms with Gasteiger partial charge in [-0.05, 0) is 12.8 Å². The molecular formula is C11H18N2O4. The lowest BCUT2D eigenvalue weighted by Gasteiger charge is -2.16. The summed E-state index contributed by atoms with van der Waals surface area (Å²) in [5.41, 5.74) is 0. The van der Waals surface area contributed by atoms with Crippen LogP contribution in [0.5, 0.6) is 0 Å². The average molecular weight is 242 g/mol. The SMILES string of the molecule is CC(=O)NC1CCN(C(=O)CCCC(=O)O)C1. The van der Waals surface area contributed by atoms with Gasteiger partial charge in [-0.3, -0.25) is 14.4 Å². The summed E-state index contributed by atoms with van der Waals surface area (Å²) in [7, 11) is 0. The van der Waals surface area contributed by atoms with Gasteiger partial charge in [0.2, 0.25) is 11.8 Å². The maximum Gasteiger partial charge on any atom is 0.303 e. The van der Waals surface area contributed by atoms with Crippen molar-refractivity contribution in [1.29, 1.82) is 0 Å². The van der Waals surface area contributed by atoms with Gasteiger partial charge in [0, 0.05) is 38.9 Å². The number of nitrogens with one attached hydrogen (secondary N) is 1. The summed E-state index contributed by atoms with van der Waals surface area (Å²) in [6, 6.07) is 0.0379. The fraction of sp³-hybridized carbons (Fsp3) is 0.727. The normalized spacial score (nSPS) is 19.1. The number of hydrogen-bond donors (Lipinski definition) is 2. The van der Waals surface area contributed by atoms with Crippen LogP contribution in [0.4, 0.5) is 0 Å². The molecule has 1 aliphatic rings. The smallest absolute Gasteiger partial charge is 0.303 e. The summed E-state index contributed by atoms with van der Waals surface area (Å²) in [5, 5.41) is 11.2. The summed E-state index contributed by atoms with van der Waals surface area (Å²) in [6.07, 6.45) is 1.42. The minimum absolute atomic E-state index is 0.0225. The van der Waals surface area contributed by atoms with Crippen molar-refractivity contribution in [1.82, 2.24) is 10.2 Å². The van der Waals surface area contributed by atoms with Gasteiger partial charge in [0.05, 0.1) is 0 Å². The summed E-state index contributed by atoms with van der Waals surface area (Å²) >= 11 is 0. The lowest BCUT2D eigenvalue weighted by molar-refractivity contribution is -0.137. The van der Waals surface area contributed by atoms with E-state index in [-0.39, 0.29) is 30.7 Å². The van der Waals surface area contributed by atoms with Crippen LogP contribution in [0.2, 0.25) is 0 Å². The van der Waals surface area contributed by atoms with E-state index in [0.717, 1.165) is 6.42 Å². The maximum absolute atomic E-state index is 11.7. The lowest BCUT2D eigenvalue weighted by atomic mass is 10.2. The zero-order valence-corrected chi connectivity index (χ0v) is 9.94. The van der Waals surface area contributed by atoms with Crippen molar-refractivity contribution in [2.24, 2.45) is 0 Å². The van der Waals surface area contributed by atoms with Gasteiger partial charge in [0.15, 0.2) is 0 Å². The van der Waals surface area contributed by atoms with Crippen LogP contribution in [0.1, 0.15) is 32.6 Å². The largest absolute Gasteiger partial charge is 0.481 e. The monoisotopic (exact) mass is 242 g/mol. The molecule has 0 aliphatic carbocycles. The second-order valence-corrected chi connectivity index (χ2v) is 4.27. The van der Waals surface area contributed by atoms with Crippen molar-refractivity contribution >= 4 is 17.8 Å². The molecule has 2 amide bonds. The van der Waals surface area contributed by atoms with Crippen molar-refractivity contribution < 1.29 is 19.5 Å². The second kappa shape index (κ2) is 6.22. The molecule has 0 aromatic carbocycles. The fourth-order valence-corrected chi connectivity index (χ4v) is 1.94. The Kier molecular flexibility index (Phi) is 4.93. The van der Waals surface area contributed by atoms with Crippen LogP contribution < -0.4 is 5.32 Å². The first-order valence-electron chi connectivity index (χ1n) is 5.75. The number of carboxylic acids is 1. The van der Waals surface area contributed by atoms with Gasteiger partial charge in [-0.2, -0.15) is 0 Å². The molecule has 1 fully saturated rings. The Morgan fingerprint density at radius 3 is 2.65 bits per heavy atom. The second-order valence-electron chi connectivity index (χ2n) is 4.27. The number of amides is 2. The quantitative estimate of drug-likeness (QED) is 0.709. The molecular weight excluding hydrogens is 224 g/mol. The number of carbonyl (C=O) groups is 3. The van der Waals surface area contributed by atoms with Gasteiger partial charge in [-0.25, -0.2) is 0 Å². The van der Waals surface area contributed by atoms with Crippen LogP contribution in [0, 0.1) is 0 Å². The zero-order chi connectivity index (χ0) is 12.8. The van der Waals surface area contributed by atoms with Gasteiger partial charge in [0.1, 0.15) is 0 Å². The molecule has 6 nitrogen and oxygen atoms in total. The molecule has 6 heteroatoms. The number of likely N-dealkylation sites (tertiary alicyclic amines) is 1. The highest BCUT2D eigenvalue weighted by atomic mass is 16.4. The standard InChI is InChI=1S/C11H18N2O4/c1-8(14)12-9-5-6-13(7-9)10(15)3-2-4-11(16)17/h9H,2-7H2,1H3,(H,12,14)(H,16,17). The highest BCUT2D eigenvalue weighted by Gasteiger charge is 2.26. The molecule has 0 spiro atoms. The predicted molar refractivity (Wildman–Crippen MR) is 60.3 cm³/mol. The first kappa shape index (κ1) is 13.5. The van der Waals surface area contributed by atoms with E-state index in [2.05, 4.69) is 5.32 Å². The zero-order valence-electron chi connectivity index (χ0n) is 9.94. The Bertz CT molecular complexity index is 317. The summed E-state index contributed by atoms with van der Waals surface area (Å²) in [5.74, 6) is -0.996. The third-order valence-corrected chi connectivity index (χ3v) is 2.73. The Hall–Kier alpha value is -1.59. The van der Waals surface area contributed by atoms with Crippen molar-refractivity contribution in [3.05, 3.63) is 0 Å². The predicted octanol–water partition coefficient (Wildman–Crippen LogP) is -0.0217. The van der Waals surface area contributed by atoms with Gasteiger partial charge in [-0.1, -0.05) is 0 Å². The molecule has 0 saturated carbocycles. The fourth-order valence-electron chi connectivity index (χ4n) is 1.94. The number of aliphatic carboxylic acids is 1. The summed E-state index contributed by atoms with van der Waals surface area (Å²) < 4.78 is 0. The van der Waals surface area contributed by atoms with Gasteiger partial charge in [0.25, 0.3) is 0 Å². The van der Waals surface area contributed by atoms with Gasteiger partial charge >= 0.3 is 5.97 Å². The molecule has 1 atom stereocenters. The van der Waals surface area contributed by atoms with Crippen molar-refractivity contribution in [2.45, 2.75) is 38.6 Å². The topological polar surface area (TPSA) is 86.7 Å². The number of carboxylic acid groups (broad SMARTS) is 1. The van der Waals surface area contributed by atoms with E-state index in [1.54, 1.807) is 4.90 Å². The molecule has 0 bridgehead atoms. The highest BCUT2D eigenvalue weighted by Crippen LogP contribution is 2.11. The third kappa shape index (κ3) is 4.84. The highest BCUT2D eigenvalue weighted by molar-refractivity contribution is 5.78.